The van der Waals surface area contributed by atoms with Gasteiger partial charge in [-0.05, 0) is 36.0 Å². The van der Waals surface area contributed by atoms with Crippen molar-refractivity contribution in [1.82, 2.24) is 0 Å². The third kappa shape index (κ3) is 2.93. The number of fused-ring (bicyclic) bond motifs is 1. The maximum absolute atomic E-state index is 12.9. The molecule has 0 bridgehead atoms. The first-order valence-corrected chi connectivity index (χ1v) is 7.69. The molecule has 3 aromatic rings. The molecular weight excluding hydrogens is 300 g/mol. The molecule has 24 heavy (non-hydrogen) atoms. The average molecular weight is 316 g/mol. The first-order chi connectivity index (χ1) is 11.7. The smallest absolute Gasteiger partial charge is 0.258 e. The summed E-state index contributed by atoms with van der Waals surface area (Å²) in [6.45, 7) is 2.51. The molecule has 0 aliphatic carbocycles. The molecular formula is C19H16N4O. The summed E-state index contributed by atoms with van der Waals surface area (Å²) in [5.74, 6) is -0.0821. The van der Waals surface area contributed by atoms with E-state index in [1.165, 1.54) is 0 Å². The number of rotatable bonds is 4. The van der Waals surface area contributed by atoms with Crippen LogP contribution in [0.3, 0.4) is 0 Å². The van der Waals surface area contributed by atoms with Crippen LogP contribution in [0.15, 0.2) is 71.8 Å². The standard InChI is InChI=1S/C19H16N4O/c1-2-23(18-9-5-7-14-6-3-4-8-17(14)18)19(24)15-10-12-16(13-11-15)21-22-20/h3-13H,2H2,1H3. The maximum atomic E-state index is 12.9. The Morgan fingerprint density at radius 3 is 2.46 bits per heavy atom. The number of amides is 1. The lowest BCUT2D eigenvalue weighted by atomic mass is 10.1. The fourth-order valence-corrected chi connectivity index (χ4v) is 2.75. The zero-order chi connectivity index (χ0) is 16.9. The second-order valence-electron chi connectivity index (χ2n) is 5.28. The molecule has 0 saturated carbocycles. The summed E-state index contributed by atoms with van der Waals surface area (Å²) in [5, 5.41) is 5.67. The van der Waals surface area contributed by atoms with Gasteiger partial charge < -0.3 is 4.90 Å². The molecule has 5 nitrogen and oxygen atoms in total. The van der Waals surface area contributed by atoms with Crippen molar-refractivity contribution in [3.05, 3.63) is 82.7 Å². The van der Waals surface area contributed by atoms with Crippen LogP contribution in [0.5, 0.6) is 0 Å². The minimum atomic E-state index is -0.0821. The van der Waals surface area contributed by atoms with E-state index in [9.17, 15) is 4.79 Å². The normalized spacial score (nSPS) is 10.2. The molecule has 0 saturated heterocycles. The van der Waals surface area contributed by atoms with E-state index in [1.807, 2.05) is 49.4 Å². The van der Waals surface area contributed by atoms with E-state index in [2.05, 4.69) is 10.0 Å². The van der Waals surface area contributed by atoms with Gasteiger partial charge in [0.2, 0.25) is 0 Å². The zero-order valence-corrected chi connectivity index (χ0v) is 13.3. The van der Waals surface area contributed by atoms with Gasteiger partial charge in [-0.15, -0.1) is 0 Å². The number of carbonyl (C=O) groups is 1. The van der Waals surface area contributed by atoms with E-state index in [1.54, 1.807) is 29.2 Å². The van der Waals surface area contributed by atoms with Crippen LogP contribution in [0.4, 0.5) is 11.4 Å². The fraction of sp³-hybridized carbons (Fsp3) is 0.105. The monoisotopic (exact) mass is 316 g/mol. The third-order valence-corrected chi connectivity index (χ3v) is 3.89. The minimum Gasteiger partial charge on any atom is -0.308 e. The minimum absolute atomic E-state index is 0.0821. The van der Waals surface area contributed by atoms with E-state index in [4.69, 9.17) is 5.53 Å². The first kappa shape index (κ1) is 15.6. The van der Waals surface area contributed by atoms with Gasteiger partial charge in [0, 0.05) is 28.1 Å². The summed E-state index contributed by atoms with van der Waals surface area (Å²) in [6, 6.07) is 20.6. The van der Waals surface area contributed by atoms with Gasteiger partial charge in [0.25, 0.3) is 5.91 Å². The van der Waals surface area contributed by atoms with Crippen molar-refractivity contribution >= 4 is 28.1 Å². The Balaban J connectivity index is 2.01. The van der Waals surface area contributed by atoms with E-state index in [0.29, 0.717) is 17.8 Å². The van der Waals surface area contributed by atoms with E-state index in [0.717, 1.165) is 16.5 Å². The molecule has 0 aliphatic heterocycles. The lowest BCUT2D eigenvalue weighted by Gasteiger charge is -2.23. The lowest BCUT2D eigenvalue weighted by Crippen LogP contribution is -2.30. The van der Waals surface area contributed by atoms with Crippen LogP contribution in [0.1, 0.15) is 17.3 Å². The van der Waals surface area contributed by atoms with Gasteiger partial charge in [-0.2, -0.15) is 0 Å². The zero-order valence-electron chi connectivity index (χ0n) is 13.3. The largest absolute Gasteiger partial charge is 0.308 e. The molecule has 118 valence electrons. The summed E-state index contributed by atoms with van der Waals surface area (Å²) in [4.78, 5) is 17.4. The molecule has 0 N–H and O–H groups in total. The van der Waals surface area contributed by atoms with Gasteiger partial charge in [-0.3, -0.25) is 4.79 Å². The molecule has 0 aliphatic rings. The Hall–Kier alpha value is -3.30. The van der Waals surface area contributed by atoms with Crippen LogP contribution in [0.2, 0.25) is 0 Å². The van der Waals surface area contributed by atoms with Crippen molar-refractivity contribution in [2.75, 3.05) is 11.4 Å². The van der Waals surface area contributed by atoms with Crippen molar-refractivity contribution in [2.24, 2.45) is 5.11 Å². The Morgan fingerprint density at radius 2 is 1.75 bits per heavy atom. The Bertz CT molecular complexity index is 922. The number of nitrogens with zero attached hydrogens (tertiary/aromatic N) is 4. The van der Waals surface area contributed by atoms with E-state index in [-0.39, 0.29) is 5.91 Å². The number of carbonyl (C=O) groups excluding carboxylic acids is 1. The highest BCUT2D eigenvalue weighted by Crippen LogP contribution is 2.28. The summed E-state index contributed by atoms with van der Waals surface area (Å²) in [7, 11) is 0. The number of hydrogen-bond donors (Lipinski definition) is 0. The predicted octanol–water partition coefficient (Wildman–Crippen LogP) is 5.45. The molecule has 3 aromatic carbocycles. The van der Waals surface area contributed by atoms with Crippen molar-refractivity contribution in [3.63, 3.8) is 0 Å². The summed E-state index contributed by atoms with van der Waals surface area (Å²) >= 11 is 0. The predicted molar refractivity (Wildman–Crippen MR) is 96.5 cm³/mol. The molecule has 0 atom stereocenters. The van der Waals surface area contributed by atoms with Gasteiger partial charge in [-0.25, -0.2) is 0 Å². The summed E-state index contributed by atoms with van der Waals surface area (Å²) in [5.41, 5.74) is 10.4. The second-order valence-corrected chi connectivity index (χ2v) is 5.28. The van der Waals surface area contributed by atoms with Crippen LogP contribution < -0.4 is 4.90 Å². The van der Waals surface area contributed by atoms with Gasteiger partial charge in [0.1, 0.15) is 0 Å². The Labute approximate surface area is 139 Å². The average Bonchev–Trinajstić information content (AvgIpc) is 2.63. The lowest BCUT2D eigenvalue weighted by molar-refractivity contribution is 0.0988. The van der Waals surface area contributed by atoms with Crippen LogP contribution in [0.25, 0.3) is 21.2 Å². The first-order valence-electron chi connectivity index (χ1n) is 7.69. The number of anilines is 1. The molecule has 0 aromatic heterocycles. The maximum Gasteiger partial charge on any atom is 0.258 e. The molecule has 0 heterocycles. The highest BCUT2D eigenvalue weighted by atomic mass is 16.2. The van der Waals surface area contributed by atoms with E-state index >= 15 is 0 Å². The topological polar surface area (TPSA) is 69.1 Å². The summed E-state index contributed by atoms with van der Waals surface area (Å²) in [6.07, 6.45) is 0. The van der Waals surface area contributed by atoms with Crippen molar-refractivity contribution in [2.45, 2.75) is 6.92 Å². The number of benzene rings is 3. The van der Waals surface area contributed by atoms with Gasteiger partial charge >= 0.3 is 0 Å². The second kappa shape index (κ2) is 6.86. The van der Waals surface area contributed by atoms with Crippen molar-refractivity contribution < 1.29 is 4.79 Å². The van der Waals surface area contributed by atoms with Crippen LogP contribution in [-0.2, 0) is 0 Å². The van der Waals surface area contributed by atoms with Crippen LogP contribution in [-0.4, -0.2) is 12.5 Å². The van der Waals surface area contributed by atoms with Crippen LogP contribution >= 0.6 is 0 Å². The Morgan fingerprint density at radius 1 is 1.04 bits per heavy atom. The third-order valence-electron chi connectivity index (χ3n) is 3.89. The van der Waals surface area contributed by atoms with Crippen molar-refractivity contribution in [3.8, 4) is 0 Å². The number of hydrogen-bond acceptors (Lipinski definition) is 2. The molecule has 3 rings (SSSR count). The molecule has 0 radical (unpaired) electrons. The van der Waals surface area contributed by atoms with Crippen molar-refractivity contribution in [1.29, 1.82) is 0 Å². The highest BCUT2D eigenvalue weighted by Gasteiger charge is 2.17. The SMILES string of the molecule is CCN(C(=O)c1ccc(N=[N+]=[N-])cc1)c1cccc2ccccc12. The fourth-order valence-electron chi connectivity index (χ4n) is 2.75. The van der Waals surface area contributed by atoms with Gasteiger partial charge in [-0.1, -0.05) is 53.6 Å². The van der Waals surface area contributed by atoms with Gasteiger partial charge in [0.05, 0.1) is 5.69 Å². The highest BCUT2D eigenvalue weighted by molar-refractivity contribution is 6.10. The summed E-state index contributed by atoms with van der Waals surface area (Å²) < 4.78 is 0. The molecule has 0 unspecified atom stereocenters. The van der Waals surface area contributed by atoms with Gasteiger partial charge in [0.15, 0.2) is 0 Å². The Kier molecular flexibility index (Phi) is 4.45. The molecule has 5 heteroatoms. The number of azide groups is 1. The molecule has 0 fully saturated rings. The quantitative estimate of drug-likeness (QED) is 0.358. The van der Waals surface area contributed by atoms with Crippen LogP contribution in [0, 0.1) is 0 Å². The molecule has 0 spiro atoms. The van der Waals surface area contributed by atoms with E-state index < -0.39 is 0 Å². The molecule has 1 amide bonds.